The van der Waals surface area contributed by atoms with Crippen molar-refractivity contribution < 1.29 is 0 Å². The van der Waals surface area contributed by atoms with Crippen molar-refractivity contribution >= 4 is 5.82 Å². The molecule has 0 unspecified atom stereocenters. The van der Waals surface area contributed by atoms with E-state index in [9.17, 15) is 0 Å². The van der Waals surface area contributed by atoms with Gasteiger partial charge in [0, 0.05) is 45.5 Å². The summed E-state index contributed by atoms with van der Waals surface area (Å²) in [5.41, 5.74) is 2.59. The topological polar surface area (TPSA) is 31.4 Å². The summed E-state index contributed by atoms with van der Waals surface area (Å²) in [5, 5.41) is 3.36. The highest BCUT2D eigenvalue weighted by molar-refractivity contribution is 5.47. The molecular formula is C17H28N4. The third kappa shape index (κ3) is 3.95. The molecule has 0 amide bonds. The number of aromatic nitrogens is 1. The Morgan fingerprint density at radius 3 is 2.62 bits per heavy atom. The predicted molar refractivity (Wildman–Crippen MR) is 87.7 cm³/mol. The monoisotopic (exact) mass is 288 g/mol. The van der Waals surface area contributed by atoms with Crippen molar-refractivity contribution in [3.63, 3.8) is 0 Å². The maximum absolute atomic E-state index is 4.72. The van der Waals surface area contributed by atoms with E-state index in [1.54, 1.807) is 0 Å². The number of rotatable bonds is 6. The Hall–Kier alpha value is -1.13. The summed E-state index contributed by atoms with van der Waals surface area (Å²) in [6, 6.07) is 2.28. The van der Waals surface area contributed by atoms with Crippen molar-refractivity contribution in [2.45, 2.75) is 33.2 Å². The second kappa shape index (κ2) is 6.75. The number of aryl methyl sites for hydroxylation is 1. The minimum absolute atomic E-state index is 0.916. The van der Waals surface area contributed by atoms with Gasteiger partial charge in [-0.05, 0) is 49.4 Å². The van der Waals surface area contributed by atoms with Crippen LogP contribution in [0.1, 0.15) is 30.9 Å². The van der Waals surface area contributed by atoms with Gasteiger partial charge < -0.3 is 10.2 Å². The second-order valence-corrected chi connectivity index (χ2v) is 6.50. The summed E-state index contributed by atoms with van der Waals surface area (Å²) in [6.07, 6.45) is 4.93. The number of pyridine rings is 1. The molecule has 4 heteroatoms. The maximum atomic E-state index is 4.72. The summed E-state index contributed by atoms with van der Waals surface area (Å²) >= 11 is 0. The highest BCUT2D eigenvalue weighted by atomic mass is 15.3. The zero-order valence-corrected chi connectivity index (χ0v) is 13.4. The molecule has 0 aromatic carbocycles. The highest BCUT2D eigenvalue weighted by Crippen LogP contribution is 2.30. The largest absolute Gasteiger partial charge is 0.354 e. The fourth-order valence-electron chi connectivity index (χ4n) is 3.13. The summed E-state index contributed by atoms with van der Waals surface area (Å²) in [5.74, 6) is 2.18. The lowest BCUT2D eigenvalue weighted by molar-refractivity contribution is 0.247. The third-order valence-electron chi connectivity index (χ3n) is 4.57. The van der Waals surface area contributed by atoms with Gasteiger partial charge in [0.2, 0.25) is 0 Å². The van der Waals surface area contributed by atoms with Gasteiger partial charge in [-0.25, -0.2) is 4.98 Å². The molecule has 2 heterocycles. The normalized spacial score (nSPS) is 20.0. The van der Waals surface area contributed by atoms with E-state index in [1.807, 2.05) is 6.20 Å². The number of anilines is 1. The molecule has 0 spiro atoms. The van der Waals surface area contributed by atoms with Crippen LogP contribution in [0.5, 0.6) is 0 Å². The summed E-state index contributed by atoms with van der Waals surface area (Å²) in [6.45, 7) is 12.2. The molecule has 1 aromatic rings. The van der Waals surface area contributed by atoms with Crippen LogP contribution in [-0.4, -0.2) is 49.2 Å². The molecule has 3 rings (SSSR count). The van der Waals surface area contributed by atoms with Crippen LogP contribution in [0, 0.1) is 12.8 Å². The Bertz CT molecular complexity index is 462. The van der Waals surface area contributed by atoms with E-state index in [2.05, 4.69) is 35.0 Å². The first-order valence-electron chi connectivity index (χ1n) is 8.40. The average molecular weight is 288 g/mol. The first kappa shape index (κ1) is 14.8. The van der Waals surface area contributed by atoms with E-state index >= 15 is 0 Å². The van der Waals surface area contributed by atoms with Crippen LogP contribution >= 0.6 is 0 Å². The smallest absolute Gasteiger partial charge is 0.131 e. The third-order valence-corrected chi connectivity index (χ3v) is 4.57. The molecule has 1 saturated heterocycles. The number of hydrogen-bond acceptors (Lipinski definition) is 4. The highest BCUT2D eigenvalue weighted by Gasteiger charge is 2.26. The van der Waals surface area contributed by atoms with Gasteiger partial charge in [-0.3, -0.25) is 4.90 Å². The van der Waals surface area contributed by atoms with Crippen molar-refractivity contribution in [1.29, 1.82) is 0 Å². The number of hydrogen-bond donors (Lipinski definition) is 1. The minimum Gasteiger partial charge on any atom is -0.354 e. The van der Waals surface area contributed by atoms with Gasteiger partial charge in [-0.1, -0.05) is 6.92 Å². The quantitative estimate of drug-likeness (QED) is 0.868. The van der Waals surface area contributed by atoms with E-state index in [1.165, 1.54) is 49.4 Å². The van der Waals surface area contributed by atoms with Gasteiger partial charge in [0.05, 0.1) is 0 Å². The van der Waals surface area contributed by atoms with Crippen molar-refractivity contribution in [3.8, 4) is 0 Å². The zero-order valence-electron chi connectivity index (χ0n) is 13.4. The minimum atomic E-state index is 0.916. The van der Waals surface area contributed by atoms with Crippen LogP contribution in [0.3, 0.4) is 0 Å². The van der Waals surface area contributed by atoms with Crippen molar-refractivity contribution in [3.05, 3.63) is 23.4 Å². The standard InChI is InChI=1S/C17H28N4/c1-3-18-11-16-10-14(2)17(19-12-16)21-8-6-20(7-9-21)13-15-4-5-15/h10,12,15,18H,3-9,11,13H2,1-2H3. The molecule has 2 fully saturated rings. The van der Waals surface area contributed by atoms with Gasteiger partial charge in [0.15, 0.2) is 0 Å². The summed E-state index contributed by atoms with van der Waals surface area (Å²) in [4.78, 5) is 9.80. The van der Waals surface area contributed by atoms with Gasteiger partial charge in [0.1, 0.15) is 5.82 Å². The lowest BCUT2D eigenvalue weighted by atomic mass is 10.1. The molecule has 0 bridgehead atoms. The molecule has 1 aliphatic heterocycles. The van der Waals surface area contributed by atoms with Crippen molar-refractivity contribution in [2.24, 2.45) is 5.92 Å². The fraction of sp³-hybridized carbons (Fsp3) is 0.706. The number of piperazine rings is 1. The maximum Gasteiger partial charge on any atom is 0.131 e. The van der Waals surface area contributed by atoms with E-state index in [0.717, 1.165) is 32.1 Å². The Kier molecular flexibility index (Phi) is 4.76. The molecule has 21 heavy (non-hydrogen) atoms. The first-order chi connectivity index (χ1) is 10.3. The Balaban J connectivity index is 1.56. The van der Waals surface area contributed by atoms with Gasteiger partial charge >= 0.3 is 0 Å². The zero-order chi connectivity index (χ0) is 14.7. The molecule has 116 valence electrons. The molecule has 1 aromatic heterocycles. The van der Waals surface area contributed by atoms with Crippen molar-refractivity contribution in [2.75, 3.05) is 44.2 Å². The lowest BCUT2D eigenvalue weighted by Crippen LogP contribution is -2.47. The van der Waals surface area contributed by atoms with Gasteiger partial charge in [0.25, 0.3) is 0 Å². The van der Waals surface area contributed by atoms with E-state index in [0.29, 0.717) is 0 Å². The Morgan fingerprint density at radius 2 is 2.00 bits per heavy atom. The van der Waals surface area contributed by atoms with Crippen LogP contribution in [0.15, 0.2) is 12.3 Å². The van der Waals surface area contributed by atoms with Crippen LogP contribution < -0.4 is 10.2 Å². The molecule has 4 nitrogen and oxygen atoms in total. The molecule has 1 saturated carbocycles. The van der Waals surface area contributed by atoms with E-state index < -0.39 is 0 Å². The Labute approximate surface area is 128 Å². The fourth-order valence-corrected chi connectivity index (χ4v) is 3.13. The summed E-state index contributed by atoms with van der Waals surface area (Å²) < 4.78 is 0. The first-order valence-corrected chi connectivity index (χ1v) is 8.40. The van der Waals surface area contributed by atoms with Gasteiger partial charge in [-0.2, -0.15) is 0 Å². The lowest BCUT2D eigenvalue weighted by Gasteiger charge is -2.36. The summed E-state index contributed by atoms with van der Waals surface area (Å²) in [7, 11) is 0. The van der Waals surface area contributed by atoms with Gasteiger partial charge in [-0.15, -0.1) is 0 Å². The second-order valence-electron chi connectivity index (χ2n) is 6.50. The van der Waals surface area contributed by atoms with Crippen molar-refractivity contribution in [1.82, 2.24) is 15.2 Å². The van der Waals surface area contributed by atoms with Crippen LogP contribution in [0.25, 0.3) is 0 Å². The number of nitrogens with one attached hydrogen (secondary N) is 1. The molecule has 2 aliphatic rings. The van der Waals surface area contributed by atoms with E-state index in [4.69, 9.17) is 4.98 Å². The number of nitrogens with zero attached hydrogens (tertiary/aromatic N) is 3. The van der Waals surface area contributed by atoms with Crippen LogP contribution in [-0.2, 0) is 6.54 Å². The molecule has 0 radical (unpaired) electrons. The predicted octanol–water partition coefficient (Wildman–Crippen LogP) is 2.03. The van der Waals surface area contributed by atoms with Crippen LogP contribution in [0.4, 0.5) is 5.82 Å². The average Bonchev–Trinajstić information content (AvgIpc) is 3.30. The van der Waals surface area contributed by atoms with E-state index in [-0.39, 0.29) is 0 Å². The molecular weight excluding hydrogens is 260 g/mol. The molecule has 1 N–H and O–H groups in total. The molecule has 1 aliphatic carbocycles. The Morgan fingerprint density at radius 1 is 1.24 bits per heavy atom. The SMILES string of the molecule is CCNCc1cnc(N2CCN(CC3CC3)CC2)c(C)c1. The van der Waals surface area contributed by atoms with Crippen LogP contribution in [0.2, 0.25) is 0 Å². The molecule has 0 atom stereocenters.